The predicted molar refractivity (Wildman–Crippen MR) is 142 cm³/mol. The van der Waals surface area contributed by atoms with Crippen LogP contribution < -0.4 is 0 Å². The first-order chi connectivity index (χ1) is 16.3. The molecule has 1 heterocycles. The molecule has 3 rings (SSSR count). The molecule has 0 aliphatic heterocycles. The molecule has 182 valence electrons. The fraction of sp³-hybridized carbons (Fsp3) is 0.677. The maximum absolute atomic E-state index is 4.50. The minimum atomic E-state index is 0.942. The second-order valence-electron chi connectivity index (χ2n) is 10.5. The van der Waals surface area contributed by atoms with Crippen LogP contribution >= 0.6 is 0 Å². The number of nitrogens with zero attached hydrogens (tertiary/aromatic N) is 2. The Balaban J connectivity index is 1.35. The molecular formula is C31H48N2. The van der Waals surface area contributed by atoms with Crippen LogP contribution in [0.25, 0.3) is 11.3 Å². The molecule has 1 aliphatic rings. The van der Waals surface area contributed by atoms with Gasteiger partial charge in [-0.2, -0.15) is 10.2 Å². The molecule has 1 aliphatic carbocycles. The van der Waals surface area contributed by atoms with Gasteiger partial charge in [-0.3, -0.25) is 0 Å². The zero-order valence-electron chi connectivity index (χ0n) is 21.5. The van der Waals surface area contributed by atoms with Crippen molar-refractivity contribution in [1.29, 1.82) is 0 Å². The van der Waals surface area contributed by atoms with Gasteiger partial charge >= 0.3 is 0 Å². The van der Waals surface area contributed by atoms with Crippen LogP contribution in [-0.4, -0.2) is 10.2 Å². The number of unbranched alkanes of at least 4 members (excludes halogenated alkanes) is 7. The molecule has 0 spiro atoms. The quantitative estimate of drug-likeness (QED) is 0.254. The molecule has 0 N–H and O–H groups in total. The number of hydrogen-bond acceptors (Lipinski definition) is 2. The van der Waals surface area contributed by atoms with Gasteiger partial charge in [0.1, 0.15) is 0 Å². The Morgan fingerprint density at radius 3 is 1.88 bits per heavy atom. The summed E-state index contributed by atoms with van der Waals surface area (Å²) in [5.74, 6) is 1.96. The summed E-state index contributed by atoms with van der Waals surface area (Å²) < 4.78 is 0. The van der Waals surface area contributed by atoms with E-state index >= 15 is 0 Å². The predicted octanol–water partition coefficient (Wildman–Crippen LogP) is 9.37. The summed E-state index contributed by atoms with van der Waals surface area (Å²) in [6.45, 7) is 4.57. The molecule has 0 saturated heterocycles. The van der Waals surface area contributed by atoms with Crippen LogP contribution in [0.4, 0.5) is 0 Å². The second kappa shape index (κ2) is 15.3. The van der Waals surface area contributed by atoms with Gasteiger partial charge in [0, 0.05) is 5.56 Å². The molecule has 2 heteroatoms. The van der Waals surface area contributed by atoms with Crippen LogP contribution in [0.3, 0.4) is 0 Å². The molecule has 1 aromatic heterocycles. The van der Waals surface area contributed by atoms with Crippen molar-refractivity contribution >= 4 is 0 Å². The van der Waals surface area contributed by atoms with Crippen molar-refractivity contribution in [2.24, 2.45) is 11.8 Å². The van der Waals surface area contributed by atoms with Gasteiger partial charge in [0.25, 0.3) is 0 Å². The Morgan fingerprint density at radius 2 is 1.24 bits per heavy atom. The summed E-state index contributed by atoms with van der Waals surface area (Å²) in [5, 5.41) is 8.98. The summed E-state index contributed by atoms with van der Waals surface area (Å²) in [7, 11) is 0. The Bertz CT molecular complexity index is 741. The largest absolute Gasteiger partial charge is 0.155 e. The molecule has 0 atom stereocenters. The molecule has 0 amide bonds. The zero-order chi connectivity index (χ0) is 23.1. The fourth-order valence-corrected chi connectivity index (χ4v) is 5.44. The molecule has 1 saturated carbocycles. The minimum absolute atomic E-state index is 0.942. The highest BCUT2D eigenvalue weighted by atomic mass is 15.1. The summed E-state index contributed by atoms with van der Waals surface area (Å²) >= 11 is 0. The van der Waals surface area contributed by atoms with Crippen molar-refractivity contribution in [3.8, 4) is 11.3 Å². The van der Waals surface area contributed by atoms with E-state index in [1.54, 1.807) is 0 Å². The first-order valence-electron chi connectivity index (χ1n) is 14.2. The van der Waals surface area contributed by atoms with Crippen molar-refractivity contribution in [2.45, 2.75) is 123 Å². The monoisotopic (exact) mass is 448 g/mol. The maximum atomic E-state index is 4.50. The molecule has 1 aromatic carbocycles. The Kier molecular flexibility index (Phi) is 12.0. The van der Waals surface area contributed by atoms with E-state index in [0.717, 1.165) is 29.6 Å². The third-order valence-corrected chi connectivity index (χ3v) is 7.78. The third-order valence-electron chi connectivity index (χ3n) is 7.78. The molecule has 33 heavy (non-hydrogen) atoms. The summed E-state index contributed by atoms with van der Waals surface area (Å²) in [5.41, 5.74) is 4.78. The number of aryl methyl sites for hydroxylation is 2. The number of hydrogen-bond donors (Lipinski definition) is 0. The minimum Gasteiger partial charge on any atom is -0.155 e. The van der Waals surface area contributed by atoms with Gasteiger partial charge in [-0.05, 0) is 55.2 Å². The van der Waals surface area contributed by atoms with Gasteiger partial charge in [-0.1, -0.05) is 122 Å². The molecule has 0 bridgehead atoms. The van der Waals surface area contributed by atoms with Gasteiger partial charge < -0.3 is 0 Å². The lowest BCUT2D eigenvalue weighted by atomic mass is 9.77. The molecule has 1 fully saturated rings. The van der Waals surface area contributed by atoms with Crippen LogP contribution in [0.2, 0.25) is 0 Å². The van der Waals surface area contributed by atoms with E-state index in [1.807, 2.05) is 0 Å². The standard InChI is InChI=1S/C31H48N2/c1-3-5-7-9-11-13-30-24-25-31(33-32-30)29-22-20-28(21-23-29)19-18-27-16-14-26(15-17-27)12-10-8-6-4-2/h20-27H,3-19H2,1-2H3. The zero-order valence-corrected chi connectivity index (χ0v) is 21.5. The van der Waals surface area contributed by atoms with E-state index in [-0.39, 0.29) is 0 Å². The summed E-state index contributed by atoms with van der Waals surface area (Å²) in [4.78, 5) is 0. The molecule has 2 nitrogen and oxygen atoms in total. The lowest BCUT2D eigenvalue weighted by Crippen LogP contribution is -2.15. The summed E-state index contributed by atoms with van der Waals surface area (Å²) in [6, 6.07) is 13.4. The number of benzene rings is 1. The van der Waals surface area contributed by atoms with E-state index in [9.17, 15) is 0 Å². The highest BCUT2D eigenvalue weighted by molar-refractivity contribution is 5.58. The molecule has 0 radical (unpaired) electrons. The van der Waals surface area contributed by atoms with Crippen molar-refractivity contribution in [3.05, 3.63) is 47.7 Å². The van der Waals surface area contributed by atoms with Gasteiger partial charge in [-0.25, -0.2) is 0 Å². The maximum Gasteiger partial charge on any atom is 0.0929 e. The lowest BCUT2D eigenvalue weighted by molar-refractivity contribution is 0.249. The van der Waals surface area contributed by atoms with Crippen molar-refractivity contribution in [3.63, 3.8) is 0 Å². The van der Waals surface area contributed by atoms with Crippen LogP contribution in [0, 0.1) is 11.8 Å². The third kappa shape index (κ3) is 9.59. The van der Waals surface area contributed by atoms with E-state index in [4.69, 9.17) is 0 Å². The number of rotatable bonds is 15. The first-order valence-corrected chi connectivity index (χ1v) is 14.2. The van der Waals surface area contributed by atoms with Gasteiger partial charge in [-0.15, -0.1) is 0 Å². The van der Waals surface area contributed by atoms with Crippen molar-refractivity contribution < 1.29 is 0 Å². The van der Waals surface area contributed by atoms with Crippen LogP contribution in [0.15, 0.2) is 36.4 Å². The van der Waals surface area contributed by atoms with Gasteiger partial charge in [0.2, 0.25) is 0 Å². The Labute approximate surface area is 204 Å². The topological polar surface area (TPSA) is 25.8 Å². The highest BCUT2D eigenvalue weighted by Gasteiger charge is 2.20. The van der Waals surface area contributed by atoms with Crippen molar-refractivity contribution in [1.82, 2.24) is 10.2 Å². The van der Waals surface area contributed by atoms with E-state index < -0.39 is 0 Å². The summed E-state index contributed by atoms with van der Waals surface area (Å²) in [6.07, 6.45) is 23.2. The highest BCUT2D eigenvalue weighted by Crippen LogP contribution is 2.34. The van der Waals surface area contributed by atoms with Gasteiger partial charge in [0.05, 0.1) is 11.4 Å². The second-order valence-corrected chi connectivity index (χ2v) is 10.5. The normalized spacial score (nSPS) is 18.5. The average molecular weight is 449 g/mol. The molecule has 2 aromatic rings. The Hall–Kier alpha value is -1.70. The average Bonchev–Trinajstić information content (AvgIpc) is 2.87. The lowest BCUT2D eigenvalue weighted by Gasteiger charge is -2.28. The van der Waals surface area contributed by atoms with Crippen LogP contribution in [-0.2, 0) is 12.8 Å². The van der Waals surface area contributed by atoms with Crippen LogP contribution in [0.5, 0.6) is 0 Å². The SMILES string of the molecule is CCCCCCCc1ccc(-c2ccc(CCC3CCC(CCCCCC)CC3)cc2)nn1. The van der Waals surface area contributed by atoms with E-state index in [2.05, 4.69) is 60.4 Å². The Morgan fingerprint density at radius 1 is 0.606 bits per heavy atom. The van der Waals surface area contributed by atoms with Crippen molar-refractivity contribution in [2.75, 3.05) is 0 Å². The van der Waals surface area contributed by atoms with Gasteiger partial charge in [0.15, 0.2) is 0 Å². The molecule has 0 unspecified atom stereocenters. The molecular weight excluding hydrogens is 400 g/mol. The van der Waals surface area contributed by atoms with E-state index in [1.165, 1.54) is 114 Å². The van der Waals surface area contributed by atoms with Crippen LogP contribution in [0.1, 0.15) is 121 Å². The van der Waals surface area contributed by atoms with E-state index in [0.29, 0.717) is 0 Å². The smallest absolute Gasteiger partial charge is 0.0929 e. The first kappa shape index (κ1) is 25.9. The number of aromatic nitrogens is 2. The fourth-order valence-electron chi connectivity index (χ4n) is 5.44.